The predicted molar refractivity (Wildman–Crippen MR) is 97.6 cm³/mol. The van der Waals surface area contributed by atoms with Crippen LogP contribution < -0.4 is 0 Å². The van der Waals surface area contributed by atoms with E-state index in [1.54, 1.807) is 13.8 Å². The average Bonchev–Trinajstić information content (AvgIpc) is 2.53. The Labute approximate surface area is 153 Å². The smallest absolute Gasteiger partial charge is 0.327 e. The van der Waals surface area contributed by atoms with Gasteiger partial charge in [-0.1, -0.05) is 47.0 Å². The first-order chi connectivity index (χ1) is 11.7. The highest BCUT2D eigenvalue weighted by Gasteiger charge is 2.51. The molecule has 0 aromatic carbocycles. The molecule has 0 aliphatic rings. The third-order valence-corrected chi connectivity index (χ3v) is 4.39. The highest BCUT2D eigenvalue weighted by Crippen LogP contribution is 2.39. The third-order valence-electron chi connectivity index (χ3n) is 4.39. The van der Waals surface area contributed by atoms with E-state index in [4.69, 9.17) is 9.47 Å². The monoisotopic (exact) mass is 353 g/mol. The Morgan fingerprint density at radius 3 is 1.96 bits per heavy atom. The molecule has 0 radical (unpaired) electrons. The maximum Gasteiger partial charge on any atom is 0.327 e. The summed E-state index contributed by atoms with van der Waals surface area (Å²) in [4.78, 5) is 25.3. The van der Waals surface area contributed by atoms with Crippen LogP contribution in [-0.2, 0) is 19.1 Å². The number of nitriles is 1. The average molecular weight is 354 g/mol. The van der Waals surface area contributed by atoms with Crippen molar-refractivity contribution in [1.82, 2.24) is 0 Å². The normalized spacial score (nSPS) is 14.7. The van der Waals surface area contributed by atoms with Gasteiger partial charge in [0.25, 0.3) is 0 Å². The van der Waals surface area contributed by atoms with Crippen LogP contribution in [0, 0.1) is 34.5 Å². The molecular weight excluding hydrogens is 318 g/mol. The van der Waals surface area contributed by atoms with Crippen molar-refractivity contribution in [1.29, 1.82) is 5.26 Å². The van der Waals surface area contributed by atoms with Gasteiger partial charge in [0.1, 0.15) is 0 Å². The molecule has 5 nitrogen and oxygen atoms in total. The molecule has 25 heavy (non-hydrogen) atoms. The maximum atomic E-state index is 12.7. The molecular formula is C20H35NO4. The molecule has 0 saturated carbocycles. The molecule has 0 aliphatic heterocycles. The van der Waals surface area contributed by atoms with Crippen molar-refractivity contribution >= 4 is 11.9 Å². The summed E-state index contributed by atoms with van der Waals surface area (Å²) in [5.41, 5.74) is -1.47. The fourth-order valence-corrected chi connectivity index (χ4v) is 2.96. The Bertz CT molecular complexity index is 453. The molecule has 0 aliphatic carbocycles. The highest BCUT2D eigenvalue weighted by atomic mass is 16.5. The van der Waals surface area contributed by atoms with Crippen LogP contribution in [0.3, 0.4) is 0 Å². The van der Waals surface area contributed by atoms with Crippen molar-refractivity contribution in [2.75, 3.05) is 13.2 Å². The molecule has 0 bridgehead atoms. The summed E-state index contributed by atoms with van der Waals surface area (Å²) >= 11 is 0. The lowest BCUT2D eigenvalue weighted by Crippen LogP contribution is -2.44. The van der Waals surface area contributed by atoms with Gasteiger partial charge in [-0.2, -0.15) is 5.26 Å². The Kier molecular flexibility index (Phi) is 11.1. The Hall–Kier alpha value is -1.57. The standard InChI is InChI=1S/C20H35NO4/c1-7-24-18(22)17(12-11-16(5)6)20(14-21,19(23)25-8-2)13-9-10-15(3)4/h15-17H,7-13H2,1-6H3. The highest BCUT2D eigenvalue weighted by molar-refractivity contribution is 5.88. The topological polar surface area (TPSA) is 76.4 Å². The van der Waals surface area contributed by atoms with Crippen molar-refractivity contribution in [3.63, 3.8) is 0 Å². The first-order valence-corrected chi connectivity index (χ1v) is 9.50. The number of hydrogen-bond donors (Lipinski definition) is 0. The van der Waals surface area contributed by atoms with E-state index in [0.29, 0.717) is 31.1 Å². The van der Waals surface area contributed by atoms with Gasteiger partial charge in [0, 0.05) is 0 Å². The third kappa shape index (κ3) is 7.46. The number of carbonyl (C=O) groups is 2. The first-order valence-electron chi connectivity index (χ1n) is 9.50. The Balaban J connectivity index is 5.72. The predicted octanol–water partition coefficient (Wildman–Crippen LogP) is 4.50. The molecule has 0 rings (SSSR count). The second-order valence-corrected chi connectivity index (χ2v) is 7.37. The molecule has 2 atom stereocenters. The number of esters is 2. The van der Waals surface area contributed by atoms with Crippen LogP contribution in [0.4, 0.5) is 0 Å². The summed E-state index contributed by atoms with van der Waals surface area (Å²) < 4.78 is 10.4. The van der Waals surface area contributed by atoms with Gasteiger partial charge in [-0.25, -0.2) is 0 Å². The van der Waals surface area contributed by atoms with Gasteiger partial charge < -0.3 is 9.47 Å². The van der Waals surface area contributed by atoms with Crippen molar-refractivity contribution in [2.45, 2.75) is 73.6 Å². The minimum absolute atomic E-state index is 0.187. The molecule has 2 unspecified atom stereocenters. The van der Waals surface area contributed by atoms with Gasteiger partial charge in [0.2, 0.25) is 0 Å². The van der Waals surface area contributed by atoms with Crippen molar-refractivity contribution < 1.29 is 19.1 Å². The second kappa shape index (κ2) is 11.9. The van der Waals surface area contributed by atoms with E-state index in [1.165, 1.54) is 0 Å². The van der Waals surface area contributed by atoms with Crippen LogP contribution in [-0.4, -0.2) is 25.2 Å². The number of ether oxygens (including phenoxy) is 2. The van der Waals surface area contributed by atoms with Gasteiger partial charge in [-0.05, 0) is 38.5 Å². The zero-order valence-corrected chi connectivity index (χ0v) is 16.8. The van der Waals surface area contributed by atoms with Crippen LogP contribution in [0.25, 0.3) is 0 Å². The van der Waals surface area contributed by atoms with Crippen LogP contribution in [0.2, 0.25) is 0 Å². The largest absolute Gasteiger partial charge is 0.466 e. The van der Waals surface area contributed by atoms with Crippen LogP contribution in [0.1, 0.15) is 73.6 Å². The summed E-state index contributed by atoms with van der Waals surface area (Å²) in [5, 5.41) is 9.93. The van der Waals surface area contributed by atoms with Gasteiger partial charge in [-0.3, -0.25) is 9.59 Å². The lowest BCUT2D eigenvalue weighted by Gasteiger charge is -2.32. The molecule has 0 spiro atoms. The van der Waals surface area contributed by atoms with Crippen molar-refractivity contribution in [3.8, 4) is 6.07 Å². The van der Waals surface area contributed by atoms with E-state index in [0.717, 1.165) is 12.8 Å². The summed E-state index contributed by atoms with van der Waals surface area (Å²) in [6.07, 6.45) is 3.10. The molecule has 5 heteroatoms. The maximum absolute atomic E-state index is 12.7. The number of nitrogens with zero attached hydrogens (tertiary/aromatic N) is 1. The summed E-state index contributed by atoms with van der Waals surface area (Å²) in [5.74, 6) is -1.02. The number of rotatable bonds is 12. The minimum Gasteiger partial charge on any atom is -0.466 e. The van der Waals surface area contributed by atoms with Gasteiger partial charge in [-0.15, -0.1) is 0 Å². The fraction of sp³-hybridized carbons (Fsp3) is 0.850. The van der Waals surface area contributed by atoms with Crippen molar-refractivity contribution in [2.24, 2.45) is 23.2 Å². The number of carbonyl (C=O) groups excluding carboxylic acids is 2. The van der Waals surface area contributed by atoms with Gasteiger partial charge in [0.05, 0.1) is 25.2 Å². The Morgan fingerprint density at radius 1 is 0.960 bits per heavy atom. The van der Waals surface area contributed by atoms with E-state index in [9.17, 15) is 14.9 Å². The van der Waals surface area contributed by atoms with Gasteiger partial charge >= 0.3 is 11.9 Å². The molecule has 0 N–H and O–H groups in total. The van der Waals surface area contributed by atoms with E-state index in [1.807, 2.05) is 0 Å². The van der Waals surface area contributed by atoms with Crippen molar-refractivity contribution in [3.05, 3.63) is 0 Å². The Morgan fingerprint density at radius 2 is 1.52 bits per heavy atom. The molecule has 0 amide bonds. The summed E-state index contributed by atoms with van der Waals surface area (Å²) in [6.45, 7) is 12.2. The van der Waals surface area contributed by atoms with E-state index in [-0.39, 0.29) is 13.2 Å². The van der Waals surface area contributed by atoms with Crippen LogP contribution in [0.5, 0.6) is 0 Å². The summed E-state index contributed by atoms with van der Waals surface area (Å²) in [6, 6.07) is 2.16. The second-order valence-electron chi connectivity index (χ2n) is 7.37. The van der Waals surface area contributed by atoms with E-state index in [2.05, 4.69) is 33.8 Å². The minimum atomic E-state index is -1.47. The molecule has 0 fully saturated rings. The zero-order valence-electron chi connectivity index (χ0n) is 16.8. The lowest BCUT2D eigenvalue weighted by atomic mass is 9.70. The SMILES string of the molecule is CCOC(=O)C(CCC(C)C)C(C#N)(CCCC(C)C)C(=O)OCC. The quantitative estimate of drug-likeness (QED) is 0.483. The molecule has 0 heterocycles. The molecule has 144 valence electrons. The van der Waals surface area contributed by atoms with E-state index >= 15 is 0 Å². The number of hydrogen-bond acceptors (Lipinski definition) is 5. The molecule has 0 aromatic rings. The van der Waals surface area contributed by atoms with Crippen LogP contribution >= 0.6 is 0 Å². The zero-order chi connectivity index (χ0) is 19.5. The molecule has 0 saturated heterocycles. The first kappa shape index (κ1) is 23.4. The lowest BCUT2D eigenvalue weighted by molar-refractivity contribution is -0.166. The van der Waals surface area contributed by atoms with E-state index < -0.39 is 23.3 Å². The fourth-order valence-electron chi connectivity index (χ4n) is 2.96. The van der Waals surface area contributed by atoms with Gasteiger partial charge in [0.15, 0.2) is 5.41 Å². The molecule has 0 aromatic heterocycles. The summed E-state index contributed by atoms with van der Waals surface area (Å²) in [7, 11) is 0. The van der Waals surface area contributed by atoms with Crippen LogP contribution in [0.15, 0.2) is 0 Å².